The van der Waals surface area contributed by atoms with E-state index in [0.29, 0.717) is 11.8 Å². The number of nitrogens with two attached hydrogens (primary N) is 1. The summed E-state index contributed by atoms with van der Waals surface area (Å²) in [6, 6.07) is 3.93. The fraction of sp³-hybridized carbons (Fsp3) is 0.143. The summed E-state index contributed by atoms with van der Waals surface area (Å²) in [7, 11) is 1.77. The Bertz CT molecular complexity index is 414. The maximum atomic E-state index is 5.57. The summed E-state index contributed by atoms with van der Waals surface area (Å²) in [5.41, 5.74) is 5.57. The summed E-state index contributed by atoms with van der Waals surface area (Å²) in [6.45, 7) is 0. The fourth-order valence-corrected chi connectivity index (χ4v) is 2.25. The molecule has 2 N–H and O–H groups in total. The molecule has 0 aliphatic heterocycles. The van der Waals surface area contributed by atoms with Gasteiger partial charge in [0.25, 0.3) is 0 Å². The van der Waals surface area contributed by atoms with Crippen molar-refractivity contribution in [1.29, 1.82) is 0 Å². The second-order valence-corrected chi connectivity index (χ2v) is 4.98. The van der Waals surface area contributed by atoms with Crippen LogP contribution in [0.2, 0.25) is 0 Å². The van der Waals surface area contributed by atoms with Crippen LogP contribution in [0.5, 0.6) is 0 Å². The van der Waals surface area contributed by atoms with Crippen molar-refractivity contribution in [3.05, 3.63) is 15.9 Å². The number of nitrogen functional groups attached to an aromatic ring is 1. The van der Waals surface area contributed by atoms with E-state index in [4.69, 9.17) is 5.73 Å². The molecule has 0 saturated carbocycles. The second kappa shape index (κ2) is 3.12. The first-order chi connectivity index (χ1) is 6.16. The van der Waals surface area contributed by atoms with Crippen molar-refractivity contribution >= 4 is 33.2 Å². The lowest BCUT2D eigenvalue weighted by molar-refractivity contribution is 0.781. The molecule has 13 heavy (non-hydrogen) atoms. The number of anilines is 1. The van der Waals surface area contributed by atoms with E-state index >= 15 is 0 Å². The number of hydrogen-bond donors (Lipinski definition) is 1. The Morgan fingerprint density at radius 2 is 2.31 bits per heavy atom. The van der Waals surface area contributed by atoms with E-state index in [1.165, 1.54) is 0 Å². The van der Waals surface area contributed by atoms with Gasteiger partial charge in [0.05, 0.1) is 8.66 Å². The van der Waals surface area contributed by atoms with Crippen LogP contribution in [0.1, 0.15) is 0 Å². The molecule has 68 valence electrons. The fourth-order valence-electron chi connectivity index (χ4n) is 0.935. The Balaban J connectivity index is 2.46. The SMILES string of the molecule is Cn1nc(-c2ccc(Br)s2)nc1N. The summed E-state index contributed by atoms with van der Waals surface area (Å²) < 4.78 is 2.62. The highest BCUT2D eigenvalue weighted by Gasteiger charge is 2.08. The van der Waals surface area contributed by atoms with Crippen molar-refractivity contribution in [2.75, 3.05) is 5.73 Å². The van der Waals surface area contributed by atoms with E-state index in [9.17, 15) is 0 Å². The molecule has 0 radical (unpaired) electrons. The van der Waals surface area contributed by atoms with Gasteiger partial charge >= 0.3 is 0 Å². The predicted octanol–water partition coefficient (Wildman–Crippen LogP) is 1.89. The van der Waals surface area contributed by atoms with E-state index in [1.807, 2.05) is 12.1 Å². The van der Waals surface area contributed by atoms with Gasteiger partial charge < -0.3 is 5.73 Å². The highest BCUT2D eigenvalue weighted by Crippen LogP contribution is 2.29. The molecule has 0 unspecified atom stereocenters. The zero-order valence-corrected chi connectivity index (χ0v) is 9.26. The monoisotopic (exact) mass is 258 g/mol. The first-order valence-electron chi connectivity index (χ1n) is 3.59. The maximum absolute atomic E-state index is 5.57. The van der Waals surface area contributed by atoms with Crippen LogP contribution in [0.4, 0.5) is 5.95 Å². The van der Waals surface area contributed by atoms with Gasteiger partial charge in [0.15, 0.2) is 5.82 Å². The van der Waals surface area contributed by atoms with Gasteiger partial charge in [-0.05, 0) is 28.1 Å². The Kier molecular flexibility index (Phi) is 2.09. The number of aromatic nitrogens is 3. The molecule has 0 aliphatic rings. The van der Waals surface area contributed by atoms with Crippen LogP contribution >= 0.6 is 27.3 Å². The molecule has 0 fully saturated rings. The Morgan fingerprint density at radius 3 is 2.77 bits per heavy atom. The molecule has 0 amide bonds. The Hall–Kier alpha value is -0.880. The summed E-state index contributed by atoms with van der Waals surface area (Å²) in [6.07, 6.45) is 0. The third-order valence-corrected chi connectivity index (χ3v) is 3.21. The minimum atomic E-state index is 0.430. The van der Waals surface area contributed by atoms with Crippen LogP contribution in [0, 0.1) is 0 Å². The van der Waals surface area contributed by atoms with Gasteiger partial charge in [-0.25, -0.2) is 4.68 Å². The first-order valence-corrected chi connectivity index (χ1v) is 5.20. The smallest absolute Gasteiger partial charge is 0.218 e. The van der Waals surface area contributed by atoms with E-state index < -0.39 is 0 Å². The minimum Gasteiger partial charge on any atom is -0.368 e. The molecule has 4 nitrogen and oxygen atoms in total. The number of thiophene rings is 1. The minimum absolute atomic E-state index is 0.430. The summed E-state index contributed by atoms with van der Waals surface area (Å²) in [5.74, 6) is 1.11. The van der Waals surface area contributed by atoms with Crippen molar-refractivity contribution in [3.63, 3.8) is 0 Å². The molecular formula is C7H7BrN4S. The number of rotatable bonds is 1. The molecule has 0 spiro atoms. The number of aryl methyl sites for hydroxylation is 1. The maximum Gasteiger partial charge on any atom is 0.218 e. The van der Waals surface area contributed by atoms with Gasteiger partial charge in [0, 0.05) is 7.05 Å². The highest BCUT2D eigenvalue weighted by molar-refractivity contribution is 9.11. The Labute approximate surface area is 87.5 Å². The van der Waals surface area contributed by atoms with Crippen molar-refractivity contribution in [3.8, 4) is 10.7 Å². The average Bonchev–Trinajstić information content (AvgIpc) is 2.61. The van der Waals surface area contributed by atoms with Gasteiger partial charge in [-0.15, -0.1) is 16.4 Å². The van der Waals surface area contributed by atoms with Crippen molar-refractivity contribution < 1.29 is 0 Å². The lowest BCUT2D eigenvalue weighted by Crippen LogP contribution is -1.97. The lowest BCUT2D eigenvalue weighted by atomic mass is 10.4. The molecule has 0 aliphatic carbocycles. The van der Waals surface area contributed by atoms with Gasteiger partial charge in [-0.3, -0.25) is 0 Å². The van der Waals surface area contributed by atoms with Gasteiger partial charge in [0.1, 0.15) is 0 Å². The van der Waals surface area contributed by atoms with Crippen LogP contribution in [0.3, 0.4) is 0 Å². The van der Waals surface area contributed by atoms with Crippen molar-refractivity contribution in [1.82, 2.24) is 14.8 Å². The van der Waals surface area contributed by atoms with Crippen LogP contribution < -0.4 is 5.73 Å². The lowest BCUT2D eigenvalue weighted by Gasteiger charge is -1.85. The number of halogens is 1. The molecular weight excluding hydrogens is 252 g/mol. The van der Waals surface area contributed by atoms with Crippen LogP contribution in [0.25, 0.3) is 10.7 Å². The van der Waals surface area contributed by atoms with Gasteiger partial charge in [-0.2, -0.15) is 4.98 Å². The topological polar surface area (TPSA) is 56.7 Å². The zero-order valence-electron chi connectivity index (χ0n) is 6.86. The van der Waals surface area contributed by atoms with E-state index in [-0.39, 0.29) is 0 Å². The molecule has 2 aromatic rings. The molecule has 0 bridgehead atoms. The molecule has 2 heterocycles. The van der Waals surface area contributed by atoms with Gasteiger partial charge in [0.2, 0.25) is 5.95 Å². The summed E-state index contributed by atoms with van der Waals surface area (Å²) in [5, 5.41) is 4.16. The standard InChI is InChI=1S/C7H7BrN4S/c1-12-7(9)10-6(11-12)4-2-3-5(8)13-4/h2-3H,1H3,(H2,9,10,11). The third kappa shape index (κ3) is 1.59. The van der Waals surface area contributed by atoms with Crippen molar-refractivity contribution in [2.24, 2.45) is 7.05 Å². The van der Waals surface area contributed by atoms with Crippen LogP contribution in [-0.2, 0) is 7.05 Å². The van der Waals surface area contributed by atoms with E-state index in [0.717, 1.165) is 8.66 Å². The Morgan fingerprint density at radius 1 is 1.54 bits per heavy atom. The zero-order chi connectivity index (χ0) is 9.42. The molecule has 6 heteroatoms. The molecule has 2 aromatic heterocycles. The van der Waals surface area contributed by atoms with Crippen LogP contribution in [-0.4, -0.2) is 14.8 Å². The van der Waals surface area contributed by atoms with E-state index in [2.05, 4.69) is 26.0 Å². The van der Waals surface area contributed by atoms with Crippen LogP contribution in [0.15, 0.2) is 15.9 Å². The highest BCUT2D eigenvalue weighted by atomic mass is 79.9. The summed E-state index contributed by atoms with van der Waals surface area (Å²) in [4.78, 5) is 5.13. The number of nitrogens with zero attached hydrogens (tertiary/aromatic N) is 3. The first kappa shape index (κ1) is 8.71. The molecule has 0 atom stereocenters. The third-order valence-electron chi connectivity index (χ3n) is 1.59. The predicted molar refractivity (Wildman–Crippen MR) is 56.4 cm³/mol. The van der Waals surface area contributed by atoms with Gasteiger partial charge in [-0.1, -0.05) is 0 Å². The normalized spacial score (nSPS) is 10.6. The number of hydrogen-bond acceptors (Lipinski definition) is 4. The van der Waals surface area contributed by atoms with E-state index in [1.54, 1.807) is 23.1 Å². The largest absolute Gasteiger partial charge is 0.368 e. The molecule has 0 saturated heterocycles. The van der Waals surface area contributed by atoms with Crippen molar-refractivity contribution in [2.45, 2.75) is 0 Å². The summed E-state index contributed by atoms with van der Waals surface area (Å²) >= 11 is 4.97. The average molecular weight is 259 g/mol. The molecule has 0 aromatic carbocycles. The second-order valence-electron chi connectivity index (χ2n) is 2.52. The quantitative estimate of drug-likeness (QED) is 0.850. The molecule has 2 rings (SSSR count).